The van der Waals surface area contributed by atoms with Gasteiger partial charge in [-0.3, -0.25) is 14.6 Å². The van der Waals surface area contributed by atoms with E-state index < -0.39 is 5.54 Å². The van der Waals surface area contributed by atoms with Crippen molar-refractivity contribution in [1.29, 1.82) is 0 Å². The predicted octanol–water partition coefficient (Wildman–Crippen LogP) is 2.47. The van der Waals surface area contributed by atoms with E-state index in [-0.39, 0.29) is 18.0 Å². The highest BCUT2D eigenvalue weighted by Gasteiger charge is 2.55. The van der Waals surface area contributed by atoms with E-state index >= 15 is 0 Å². The van der Waals surface area contributed by atoms with Gasteiger partial charge in [0.25, 0.3) is 5.91 Å². The van der Waals surface area contributed by atoms with E-state index in [0.717, 1.165) is 19.0 Å². The first-order valence-corrected chi connectivity index (χ1v) is 8.96. The lowest BCUT2D eigenvalue weighted by Gasteiger charge is -2.23. The molecule has 1 unspecified atom stereocenters. The molecule has 1 aromatic rings. The second-order valence-electron chi connectivity index (χ2n) is 7.71. The van der Waals surface area contributed by atoms with Crippen LogP contribution >= 0.6 is 0 Å². The van der Waals surface area contributed by atoms with Crippen LogP contribution in [0.1, 0.15) is 50.2 Å². The van der Waals surface area contributed by atoms with Crippen molar-refractivity contribution in [2.45, 2.75) is 57.2 Å². The van der Waals surface area contributed by atoms with Crippen LogP contribution in [-0.4, -0.2) is 46.4 Å². The average Bonchev–Trinajstić information content (AvgIpc) is 3.25. The van der Waals surface area contributed by atoms with E-state index in [4.69, 9.17) is 0 Å². The number of carbonyl (C=O) groups excluding carboxylic acids is 2. The van der Waals surface area contributed by atoms with Gasteiger partial charge in [0, 0.05) is 25.7 Å². The number of nitrogens with one attached hydrogen (secondary N) is 1. The van der Waals surface area contributed by atoms with Crippen molar-refractivity contribution >= 4 is 11.9 Å². The minimum atomic E-state index is -0.712. The quantitative estimate of drug-likeness (QED) is 0.865. The van der Waals surface area contributed by atoms with E-state index in [1.165, 1.54) is 28.9 Å². The van der Waals surface area contributed by atoms with Crippen molar-refractivity contribution in [3.63, 3.8) is 0 Å². The lowest BCUT2D eigenvalue weighted by Crippen LogP contribution is -2.49. The molecule has 3 amide bonds. The zero-order valence-electron chi connectivity index (χ0n) is 14.4. The van der Waals surface area contributed by atoms with Gasteiger partial charge in [-0.05, 0) is 50.2 Å². The molecule has 1 aliphatic carbocycles. The molecule has 1 aromatic carbocycles. The maximum Gasteiger partial charge on any atom is 0.325 e. The Labute approximate surface area is 143 Å². The molecule has 5 heteroatoms. The molecule has 1 atom stereocenters. The van der Waals surface area contributed by atoms with Crippen molar-refractivity contribution in [2.75, 3.05) is 13.1 Å². The number of nitrogens with zero attached hydrogens (tertiary/aromatic N) is 2. The molecule has 24 heavy (non-hydrogen) atoms. The van der Waals surface area contributed by atoms with E-state index in [1.54, 1.807) is 0 Å². The molecule has 3 aliphatic rings. The fourth-order valence-electron chi connectivity index (χ4n) is 4.12. The minimum absolute atomic E-state index is 0.0551. The van der Waals surface area contributed by atoms with Gasteiger partial charge in [0.2, 0.25) is 0 Å². The summed E-state index contributed by atoms with van der Waals surface area (Å²) in [6, 6.07) is 8.31. The van der Waals surface area contributed by atoms with E-state index in [2.05, 4.69) is 34.5 Å². The van der Waals surface area contributed by atoms with Crippen LogP contribution in [0.4, 0.5) is 4.79 Å². The van der Waals surface area contributed by atoms with Crippen molar-refractivity contribution in [3.8, 4) is 0 Å². The second kappa shape index (κ2) is 5.59. The summed E-state index contributed by atoms with van der Waals surface area (Å²) in [5.74, 6) is 0.669. The smallest absolute Gasteiger partial charge is 0.322 e. The van der Waals surface area contributed by atoms with E-state index in [1.807, 2.05) is 13.8 Å². The van der Waals surface area contributed by atoms with Crippen LogP contribution in [0.5, 0.6) is 0 Å². The number of urea groups is 1. The van der Waals surface area contributed by atoms with Gasteiger partial charge >= 0.3 is 6.03 Å². The molecule has 2 saturated heterocycles. The van der Waals surface area contributed by atoms with Crippen LogP contribution in [0.2, 0.25) is 0 Å². The summed E-state index contributed by atoms with van der Waals surface area (Å²) in [4.78, 5) is 28.6. The maximum atomic E-state index is 12.8. The fourth-order valence-corrected chi connectivity index (χ4v) is 4.12. The molecule has 0 radical (unpaired) electrons. The van der Waals surface area contributed by atoms with Crippen molar-refractivity contribution in [2.24, 2.45) is 0 Å². The third-order valence-corrected chi connectivity index (χ3v) is 5.52. The number of hydrogen-bond acceptors (Lipinski definition) is 3. The van der Waals surface area contributed by atoms with Crippen LogP contribution in [0.15, 0.2) is 24.3 Å². The van der Waals surface area contributed by atoms with Crippen molar-refractivity contribution < 1.29 is 9.59 Å². The summed E-state index contributed by atoms with van der Waals surface area (Å²) in [6.45, 7) is 6.08. The summed E-state index contributed by atoms with van der Waals surface area (Å²) in [5.41, 5.74) is 2.12. The van der Waals surface area contributed by atoms with E-state index in [9.17, 15) is 9.59 Å². The van der Waals surface area contributed by atoms with E-state index in [0.29, 0.717) is 13.0 Å². The van der Waals surface area contributed by atoms with Gasteiger partial charge in [-0.15, -0.1) is 0 Å². The molecule has 1 saturated carbocycles. The van der Waals surface area contributed by atoms with Crippen LogP contribution in [-0.2, 0) is 11.3 Å². The van der Waals surface area contributed by atoms with Gasteiger partial charge in [0.1, 0.15) is 5.54 Å². The highest BCUT2D eigenvalue weighted by atomic mass is 16.2. The van der Waals surface area contributed by atoms with Gasteiger partial charge < -0.3 is 5.32 Å². The molecular weight excluding hydrogens is 302 g/mol. The minimum Gasteiger partial charge on any atom is -0.322 e. The Hall–Kier alpha value is -1.88. The summed E-state index contributed by atoms with van der Waals surface area (Å²) < 4.78 is 0. The maximum absolute atomic E-state index is 12.8. The van der Waals surface area contributed by atoms with Crippen molar-refractivity contribution in [3.05, 3.63) is 35.4 Å². The summed E-state index contributed by atoms with van der Waals surface area (Å²) in [5, 5.41) is 2.97. The molecule has 4 rings (SSSR count). The number of benzene rings is 1. The number of hydrogen-bond donors (Lipinski definition) is 1. The Bertz CT molecular complexity index is 683. The Morgan fingerprint density at radius 3 is 2.67 bits per heavy atom. The molecule has 2 aliphatic heterocycles. The predicted molar refractivity (Wildman–Crippen MR) is 91.6 cm³/mol. The largest absolute Gasteiger partial charge is 0.325 e. The molecular formula is C19H25N3O2. The first-order valence-electron chi connectivity index (χ1n) is 8.96. The third-order valence-electron chi connectivity index (χ3n) is 5.52. The first kappa shape index (κ1) is 15.6. The zero-order chi connectivity index (χ0) is 16.9. The van der Waals surface area contributed by atoms with Crippen LogP contribution in [0.3, 0.4) is 0 Å². The van der Waals surface area contributed by atoms with Gasteiger partial charge in [-0.25, -0.2) is 4.79 Å². The SMILES string of the molecule is CC(C)N1C(=O)NC2(CCN(Cc3ccccc3C3CC3)C2)C1=O. The van der Waals surface area contributed by atoms with Gasteiger partial charge in [0.05, 0.1) is 0 Å². The first-order chi connectivity index (χ1) is 11.5. The number of amides is 3. The summed E-state index contributed by atoms with van der Waals surface area (Å²) >= 11 is 0. The van der Waals surface area contributed by atoms with Crippen LogP contribution in [0.25, 0.3) is 0 Å². The lowest BCUT2D eigenvalue weighted by molar-refractivity contribution is -0.132. The Balaban J connectivity index is 1.50. The summed E-state index contributed by atoms with van der Waals surface area (Å²) in [6.07, 6.45) is 3.28. The Morgan fingerprint density at radius 2 is 2.00 bits per heavy atom. The van der Waals surface area contributed by atoms with Gasteiger partial charge in [-0.2, -0.15) is 0 Å². The van der Waals surface area contributed by atoms with Crippen LogP contribution < -0.4 is 5.32 Å². The molecule has 3 fully saturated rings. The zero-order valence-corrected chi connectivity index (χ0v) is 14.4. The second-order valence-corrected chi connectivity index (χ2v) is 7.71. The molecule has 1 spiro atoms. The number of carbonyl (C=O) groups is 2. The monoisotopic (exact) mass is 327 g/mol. The number of likely N-dealkylation sites (tertiary alicyclic amines) is 1. The molecule has 1 N–H and O–H groups in total. The number of rotatable bonds is 4. The van der Waals surface area contributed by atoms with Crippen molar-refractivity contribution in [1.82, 2.24) is 15.1 Å². The lowest BCUT2D eigenvalue weighted by atomic mass is 9.98. The highest BCUT2D eigenvalue weighted by molar-refractivity contribution is 6.07. The highest BCUT2D eigenvalue weighted by Crippen LogP contribution is 2.42. The molecule has 0 aromatic heterocycles. The molecule has 5 nitrogen and oxygen atoms in total. The topological polar surface area (TPSA) is 52.7 Å². The molecule has 2 heterocycles. The molecule has 0 bridgehead atoms. The standard InChI is InChI=1S/C19H25N3O2/c1-13(2)22-17(23)19(20-18(22)24)9-10-21(12-19)11-15-5-3-4-6-16(15)14-7-8-14/h3-6,13-14H,7-12H2,1-2H3,(H,20,24). The number of imide groups is 1. The van der Waals surface area contributed by atoms with Crippen LogP contribution in [0, 0.1) is 0 Å². The third kappa shape index (κ3) is 2.51. The van der Waals surface area contributed by atoms with Gasteiger partial charge in [-0.1, -0.05) is 24.3 Å². The summed E-state index contributed by atoms with van der Waals surface area (Å²) in [7, 11) is 0. The Kier molecular flexibility index (Phi) is 3.64. The molecule has 128 valence electrons. The normalized spacial score (nSPS) is 27.5. The average molecular weight is 327 g/mol. The fraction of sp³-hybridized carbons (Fsp3) is 0.579. The Morgan fingerprint density at radius 1 is 1.25 bits per heavy atom. The van der Waals surface area contributed by atoms with Gasteiger partial charge in [0.15, 0.2) is 0 Å².